The van der Waals surface area contributed by atoms with Gasteiger partial charge in [0.15, 0.2) is 0 Å². The molecule has 2 aromatic carbocycles. The third-order valence-corrected chi connectivity index (χ3v) is 3.19. The van der Waals surface area contributed by atoms with E-state index in [-0.39, 0.29) is 11.0 Å². The largest absolute Gasteiger partial charge is 0.410 e. The first-order valence-corrected chi connectivity index (χ1v) is 5.38. The predicted molar refractivity (Wildman–Crippen MR) is 65.8 cm³/mol. The highest BCUT2D eigenvalue weighted by atomic mass is 32.1. The van der Waals surface area contributed by atoms with Gasteiger partial charge in [-0.15, -0.1) is 0 Å². The Balaban J connectivity index is 2.57. The molecule has 0 aliphatic carbocycles. The number of benzene rings is 2. The molecule has 2 nitrogen and oxygen atoms in total. The molecule has 1 aliphatic rings. The number of carbonyl (C=O) groups is 1. The second kappa shape index (κ2) is 3.12. The molecule has 0 unspecified atom stereocenters. The van der Waals surface area contributed by atoms with E-state index in [1.807, 2.05) is 31.2 Å². The summed E-state index contributed by atoms with van der Waals surface area (Å²) in [7, 11) is 0. The number of aryl methyl sites for hydroxylation is 1. The second-order valence-electron chi connectivity index (χ2n) is 3.84. The van der Waals surface area contributed by atoms with Gasteiger partial charge in [0, 0.05) is 10.9 Å². The summed E-state index contributed by atoms with van der Waals surface area (Å²) in [5.41, 5.74) is 2.58. The standard InChI is InChI=1S/C13H8O2S/c1-7-5-6-9-11-8(7)3-2-4-10(11)13(16)15-12(9)14/h2-6H,1H3. The van der Waals surface area contributed by atoms with Gasteiger partial charge in [0.05, 0.1) is 5.56 Å². The van der Waals surface area contributed by atoms with Crippen molar-refractivity contribution in [3.8, 4) is 0 Å². The molecule has 78 valence electrons. The summed E-state index contributed by atoms with van der Waals surface area (Å²) in [6.07, 6.45) is 0. The van der Waals surface area contributed by atoms with Gasteiger partial charge >= 0.3 is 5.97 Å². The molecule has 0 N–H and O–H groups in total. The Morgan fingerprint density at radius 2 is 1.94 bits per heavy atom. The third-order valence-electron chi connectivity index (χ3n) is 2.88. The number of hydrogen-bond acceptors (Lipinski definition) is 3. The van der Waals surface area contributed by atoms with Crippen LogP contribution in [-0.4, -0.2) is 11.0 Å². The van der Waals surface area contributed by atoms with Crippen LogP contribution in [0.2, 0.25) is 0 Å². The van der Waals surface area contributed by atoms with E-state index < -0.39 is 0 Å². The fraction of sp³-hybridized carbons (Fsp3) is 0.0769. The van der Waals surface area contributed by atoms with Gasteiger partial charge in [-0.05, 0) is 42.2 Å². The number of ether oxygens (including phenoxy) is 1. The van der Waals surface area contributed by atoms with Gasteiger partial charge in [0.25, 0.3) is 0 Å². The molecule has 0 saturated heterocycles. The van der Waals surface area contributed by atoms with Gasteiger partial charge in [-0.2, -0.15) is 0 Å². The van der Waals surface area contributed by atoms with Gasteiger partial charge in [-0.3, -0.25) is 0 Å². The van der Waals surface area contributed by atoms with Crippen molar-refractivity contribution in [1.29, 1.82) is 0 Å². The predicted octanol–water partition coefficient (Wildman–Crippen LogP) is 2.99. The molecule has 0 atom stereocenters. The lowest BCUT2D eigenvalue weighted by molar-refractivity contribution is 0.0722. The average molecular weight is 228 g/mol. The fourth-order valence-corrected chi connectivity index (χ4v) is 2.33. The van der Waals surface area contributed by atoms with E-state index in [1.165, 1.54) is 0 Å². The molecule has 0 aromatic heterocycles. The lowest BCUT2D eigenvalue weighted by atomic mass is 9.95. The zero-order valence-electron chi connectivity index (χ0n) is 8.61. The van der Waals surface area contributed by atoms with Gasteiger partial charge < -0.3 is 4.74 Å². The van der Waals surface area contributed by atoms with E-state index in [2.05, 4.69) is 0 Å². The van der Waals surface area contributed by atoms with Gasteiger partial charge in [0.2, 0.25) is 5.05 Å². The zero-order chi connectivity index (χ0) is 11.3. The van der Waals surface area contributed by atoms with Crippen molar-refractivity contribution >= 4 is 34.0 Å². The number of cyclic esters (lactones) is 1. The molecule has 2 aromatic rings. The highest BCUT2D eigenvalue weighted by Crippen LogP contribution is 2.30. The number of carbonyl (C=O) groups excluding carboxylic acids is 1. The van der Waals surface area contributed by atoms with Crippen molar-refractivity contribution < 1.29 is 9.53 Å². The highest BCUT2D eigenvalue weighted by molar-refractivity contribution is 7.80. The van der Waals surface area contributed by atoms with Crippen LogP contribution in [0.15, 0.2) is 30.3 Å². The van der Waals surface area contributed by atoms with Crippen molar-refractivity contribution in [1.82, 2.24) is 0 Å². The van der Waals surface area contributed by atoms with Crippen LogP contribution in [-0.2, 0) is 4.74 Å². The van der Waals surface area contributed by atoms with Crippen molar-refractivity contribution in [3.05, 3.63) is 47.0 Å². The number of esters is 1. The van der Waals surface area contributed by atoms with Crippen LogP contribution in [0.3, 0.4) is 0 Å². The van der Waals surface area contributed by atoms with Crippen molar-refractivity contribution in [2.45, 2.75) is 6.92 Å². The van der Waals surface area contributed by atoms with Crippen LogP contribution >= 0.6 is 12.2 Å². The molecule has 0 radical (unpaired) electrons. The van der Waals surface area contributed by atoms with Crippen molar-refractivity contribution in [3.63, 3.8) is 0 Å². The summed E-state index contributed by atoms with van der Waals surface area (Å²) in [6.45, 7) is 2.02. The maximum atomic E-state index is 11.7. The Labute approximate surface area is 97.8 Å². The van der Waals surface area contributed by atoms with E-state index in [0.29, 0.717) is 5.56 Å². The fourth-order valence-electron chi connectivity index (χ4n) is 2.09. The first kappa shape index (κ1) is 9.48. The van der Waals surface area contributed by atoms with Crippen LogP contribution in [0.25, 0.3) is 10.8 Å². The van der Waals surface area contributed by atoms with E-state index in [9.17, 15) is 4.79 Å². The maximum absolute atomic E-state index is 11.7. The van der Waals surface area contributed by atoms with Crippen LogP contribution in [0.5, 0.6) is 0 Å². The molecule has 1 aliphatic heterocycles. The Kier molecular flexibility index (Phi) is 1.85. The smallest absolute Gasteiger partial charge is 0.345 e. The quantitative estimate of drug-likeness (QED) is 0.512. The lowest BCUT2D eigenvalue weighted by Gasteiger charge is -2.18. The first-order valence-electron chi connectivity index (χ1n) is 4.97. The molecule has 3 heteroatoms. The normalized spacial score (nSPS) is 14.1. The molecule has 16 heavy (non-hydrogen) atoms. The summed E-state index contributed by atoms with van der Waals surface area (Å²) >= 11 is 5.07. The van der Waals surface area contributed by atoms with Crippen LogP contribution in [0, 0.1) is 6.92 Å². The van der Waals surface area contributed by atoms with Crippen LogP contribution < -0.4 is 0 Å². The third kappa shape index (κ3) is 1.12. The second-order valence-corrected chi connectivity index (χ2v) is 4.21. The Morgan fingerprint density at radius 1 is 1.12 bits per heavy atom. The molecular weight excluding hydrogens is 220 g/mol. The van der Waals surface area contributed by atoms with E-state index >= 15 is 0 Å². The highest BCUT2D eigenvalue weighted by Gasteiger charge is 2.24. The minimum atomic E-state index is -0.353. The molecular formula is C13H8O2S. The average Bonchev–Trinajstić information content (AvgIpc) is 2.27. The molecule has 3 rings (SSSR count). The monoisotopic (exact) mass is 228 g/mol. The maximum Gasteiger partial charge on any atom is 0.345 e. The summed E-state index contributed by atoms with van der Waals surface area (Å²) in [5.74, 6) is -0.353. The molecule has 1 heterocycles. The molecule has 0 spiro atoms. The molecule has 0 amide bonds. The van der Waals surface area contributed by atoms with Crippen molar-refractivity contribution in [2.24, 2.45) is 0 Å². The molecule has 0 saturated carbocycles. The minimum absolute atomic E-state index is 0.272. The van der Waals surface area contributed by atoms with Crippen molar-refractivity contribution in [2.75, 3.05) is 0 Å². The summed E-state index contributed by atoms with van der Waals surface area (Å²) < 4.78 is 5.04. The van der Waals surface area contributed by atoms with Crippen LogP contribution in [0.1, 0.15) is 21.5 Å². The van der Waals surface area contributed by atoms with E-state index in [0.717, 1.165) is 21.9 Å². The lowest BCUT2D eigenvalue weighted by Crippen LogP contribution is -2.18. The Bertz CT molecular complexity index is 623. The van der Waals surface area contributed by atoms with Gasteiger partial charge in [-0.1, -0.05) is 18.2 Å². The summed E-state index contributed by atoms with van der Waals surface area (Å²) in [4.78, 5) is 11.7. The summed E-state index contributed by atoms with van der Waals surface area (Å²) in [5, 5.41) is 2.26. The molecule has 0 bridgehead atoms. The Morgan fingerprint density at radius 3 is 2.75 bits per heavy atom. The number of thiocarbonyl (C=S) groups is 1. The topological polar surface area (TPSA) is 26.3 Å². The summed E-state index contributed by atoms with van der Waals surface area (Å²) in [6, 6.07) is 9.54. The molecule has 0 fully saturated rings. The van der Waals surface area contributed by atoms with E-state index in [4.69, 9.17) is 17.0 Å². The Hall–Kier alpha value is -1.74. The van der Waals surface area contributed by atoms with E-state index in [1.54, 1.807) is 6.07 Å². The number of rotatable bonds is 0. The van der Waals surface area contributed by atoms with Gasteiger partial charge in [0.1, 0.15) is 0 Å². The van der Waals surface area contributed by atoms with Crippen LogP contribution in [0.4, 0.5) is 0 Å². The minimum Gasteiger partial charge on any atom is -0.410 e. The SMILES string of the molecule is Cc1ccc2c3c(cccc13)C(=S)OC2=O. The van der Waals surface area contributed by atoms with Gasteiger partial charge in [-0.25, -0.2) is 4.79 Å². The zero-order valence-corrected chi connectivity index (χ0v) is 9.43. The first-order chi connectivity index (χ1) is 7.68. The number of hydrogen-bond donors (Lipinski definition) is 0.